The fourth-order valence-corrected chi connectivity index (χ4v) is 7.39. The van der Waals surface area contributed by atoms with Crippen molar-refractivity contribution in [2.24, 2.45) is 46.2 Å². The van der Waals surface area contributed by atoms with E-state index in [4.69, 9.17) is 11.1 Å². The molecule has 0 bridgehead atoms. The van der Waals surface area contributed by atoms with Crippen LogP contribution in [0.1, 0.15) is 59.3 Å². The molecule has 2 saturated carbocycles. The van der Waals surface area contributed by atoms with Crippen molar-refractivity contribution in [2.75, 3.05) is 6.54 Å². The molecular formula is C23H35N3O. The summed E-state index contributed by atoms with van der Waals surface area (Å²) in [5, 5.41) is 10.5. The third-order valence-electron chi connectivity index (χ3n) is 8.89. The molecule has 4 nitrogen and oxygen atoms in total. The maximum atomic E-state index is 11.9. The number of allylic oxidation sites excluding steroid dienone is 4. The summed E-state index contributed by atoms with van der Waals surface area (Å²) in [7, 11) is 0. The van der Waals surface area contributed by atoms with E-state index in [-0.39, 0.29) is 11.4 Å². The summed E-state index contributed by atoms with van der Waals surface area (Å²) in [5.74, 6) is 3.70. The number of fused-ring (bicyclic) bond motifs is 5. The van der Waals surface area contributed by atoms with Gasteiger partial charge in [0.15, 0.2) is 11.7 Å². The molecule has 4 aliphatic carbocycles. The van der Waals surface area contributed by atoms with Crippen molar-refractivity contribution in [1.29, 1.82) is 5.41 Å². The molecule has 4 aliphatic rings. The number of nitrogens with one attached hydrogen (secondary N) is 2. The summed E-state index contributed by atoms with van der Waals surface area (Å²) in [6.45, 7) is 8.08. The van der Waals surface area contributed by atoms with E-state index >= 15 is 0 Å². The Hall–Kier alpha value is -1.58. The standard InChI is InChI=1S/C23H35N3O/c1-14(13-26-21(24)25)18-6-7-19-17-5-4-15-12-16(27)8-10-22(15,2)20(17)9-11-23(18,19)3/h4-5,12,14,17-20H,6-11,13H2,1-3H3,(H4,24,25,26)/t14-,17?,18-,19?,20?,22+,23-/m1/s1. The SMILES string of the molecule is C[C@H](CNC(=N)N)[C@H]1CCC2C3C=CC4=CC(=O)CC[C@]4(C)C3CC[C@@]21C. The van der Waals surface area contributed by atoms with Gasteiger partial charge in [-0.2, -0.15) is 0 Å². The monoisotopic (exact) mass is 369 g/mol. The maximum absolute atomic E-state index is 11.9. The number of hydrogen-bond acceptors (Lipinski definition) is 2. The first-order valence-corrected chi connectivity index (χ1v) is 10.8. The van der Waals surface area contributed by atoms with Crippen molar-refractivity contribution in [3.8, 4) is 0 Å². The van der Waals surface area contributed by atoms with Crippen LogP contribution in [0.25, 0.3) is 0 Å². The molecule has 0 heterocycles. The van der Waals surface area contributed by atoms with E-state index in [1.165, 1.54) is 31.3 Å². The minimum atomic E-state index is 0.0829. The largest absolute Gasteiger partial charge is 0.370 e. The van der Waals surface area contributed by atoms with Gasteiger partial charge in [0.25, 0.3) is 0 Å². The molecule has 0 amide bonds. The van der Waals surface area contributed by atoms with Crippen LogP contribution in [0.15, 0.2) is 23.8 Å². The molecule has 3 unspecified atom stereocenters. The lowest BCUT2D eigenvalue weighted by Gasteiger charge is -2.56. The van der Waals surface area contributed by atoms with Crippen LogP contribution in [0, 0.1) is 45.8 Å². The van der Waals surface area contributed by atoms with Gasteiger partial charge in [0.2, 0.25) is 0 Å². The molecule has 0 aromatic rings. The number of rotatable bonds is 3. The van der Waals surface area contributed by atoms with Gasteiger partial charge in [-0.15, -0.1) is 0 Å². The van der Waals surface area contributed by atoms with E-state index in [9.17, 15) is 4.79 Å². The summed E-state index contributed by atoms with van der Waals surface area (Å²) in [6, 6.07) is 0. The predicted molar refractivity (Wildman–Crippen MR) is 109 cm³/mol. The number of ketones is 1. The molecule has 4 heteroatoms. The van der Waals surface area contributed by atoms with E-state index in [2.05, 4.69) is 38.2 Å². The molecule has 0 saturated heterocycles. The summed E-state index contributed by atoms with van der Waals surface area (Å²) in [6.07, 6.45) is 13.6. The molecule has 2 fully saturated rings. The van der Waals surface area contributed by atoms with E-state index in [0.29, 0.717) is 34.9 Å². The lowest BCUT2D eigenvalue weighted by molar-refractivity contribution is -0.116. The van der Waals surface area contributed by atoms with Crippen molar-refractivity contribution in [3.63, 3.8) is 0 Å². The fraction of sp³-hybridized carbons (Fsp3) is 0.739. The Balaban J connectivity index is 1.59. The van der Waals surface area contributed by atoms with Gasteiger partial charge in [-0.1, -0.05) is 32.9 Å². The second-order valence-electron chi connectivity index (χ2n) is 10.1. The Morgan fingerprint density at radius 2 is 2.07 bits per heavy atom. The molecule has 0 aromatic carbocycles. The van der Waals surface area contributed by atoms with Crippen LogP contribution in [-0.2, 0) is 4.79 Å². The lowest BCUT2D eigenvalue weighted by Crippen LogP contribution is -2.50. The Labute approximate surface area is 163 Å². The smallest absolute Gasteiger partial charge is 0.185 e. The maximum Gasteiger partial charge on any atom is 0.185 e. The zero-order valence-corrected chi connectivity index (χ0v) is 17.1. The Kier molecular flexibility index (Phi) is 4.51. The van der Waals surface area contributed by atoms with Crippen LogP contribution in [0.5, 0.6) is 0 Å². The number of nitrogens with two attached hydrogens (primary N) is 1. The lowest BCUT2D eigenvalue weighted by atomic mass is 9.48. The van der Waals surface area contributed by atoms with Gasteiger partial charge in [0, 0.05) is 13.0 Å². The number of carbonyl (C=O) groups is 1. The molecule has 0 spiro atoms. The summed E-state index contributed by atoms with van der Waals surface area (Å²) >= 11 is 0. The van der Waals surface area contributed by atoms with Crippen LogP contribution in [0.4, 0.5) is 0 Å². The zero-order chi connectivity index (χ0) is 19.4. The van der Waals surface area contributed by atoms with E-state index in [0.717, 1.165) is 25.3 Å². The Bertz CT molecular complexity index is 710. The topological polar surface area (TPSA) is 79.0 Å². The van der Waals surface area contributed by atoms with Gasteiger partial charge in [0.05, 0.1) is 0 Å². The average Bonchev–Trinajstić information content (AvgIpc) is 2.97. The summed E-state index contributed by atoms with van der Waals surface area (Å²) in [5.41, 5.74) is 7.37. The summed E-state index contributed by atoms with van der Waals surface area (Å²) < 4.78 is 0. The van der Waals surface area contributed by atoms with E-state index < -0.39 is 0 Å². The minimum absolute atomic E-state index is 0.0829. The van der Waals surface area contributed by atoms with Crippen molar-refractivity contribution < 1.29 is 4.79 Å². The highest BCUT2D eigenvalue weighted by Crippen LogP contribution is 2.66. The van der Waals surface area contributed by atoms with E-state index in [1.54, 1.807) is 0 Å². The van der Waals surface area contributed by atoms with Crippen LogP contribution in [0.2, 0.25) is 0 Å². The first-order valence-electron chi connectivity index (χ1n) is 10.8. The molecule has 0 aliphatic heterocycles. The fourth-order valence-electron chi connectivity index (χ4n) is 7.39. The second kappa shape index (κ2) is 6.49. The highest BCUT2D eigenvalue weighted by Gasteiger charge is 2.58. The van der Waals surface area contributed by atoms with Gasteiger partial charge >= 0.3 is 0 Å². The Morgan fingerprint density at radius 3 is 2.81 bits per heavy atom. The molecule has 0 radical (unpaired) electrons. The molecule has 7 atom stereocenters. The number of guanidine groups is 1. The molecular weight excluding hydrogens is 334 g/mol. The van der Waals surface area contributed by atoms with Gasteiger partial charge < -0.3 is 11.1 Å². The molecule has 148 valence electrons. The molecule has 0 aromatic heterocycles. The highest BCUT2D eigenvalue weighted by molar-refractivity contribution is 5.92. The first kappa shape index (κ1) is 18.8. The highest BCUT2D eigenvalue weighted by atomic mass is 16.1. The molecule has 27 heavy (non-hydrogen) atoms. The van der Waals surface area contributed by atoms with E-state index in [1.807, 2.05) is 6.08 Å². The zero-order valence-electron chi connectivity index (χ0n) is 17.1. The number of carbonyl (C=O) groups excluding carboxylic acids is 1. The van der Waals surface area contributed by atoms with Crippen molar-refractivity contribution in [1.82, 2.24) is 5.32 Å². The van der Waals surface area contributed by atoms with Crippen LogP contribution >= 0.6 is 0 Å². The van der Waals surface area contributed by atoms with Crippen molar-refractivity contribution in [3.05, 3.63) is 23.8 Å². The quantitative estimate of drug-likeness (QED) is 0.519. The van der Waals surface area contributed by atoms with Crippen LogP contribution in [0.3, 0.4) is 0 Å². The summed E-state index contributed by atoms with van der Waals surface area (Å²) in [4.78, 5) is 11.9. The van der Waals surface area contributed by atoms with Gasteiger partial charge in [-0.05, 0) is 84.2 Å². The first-order chi connectivity index (χ1) is 12.8. The normalized spacial score (nSPS) is 44.0. The van der Waals surface area contributed by atoms with Gasteiger partial charge in [0.1, 0.15) is 0 Å². The number of hydrogen-bond donors (Lipinski definition) is 3. The third-order valence-corrected chi connectivity index (χ3v) is 8.89. The van der Waals surface area contributed by atoms with Crippen LogP contribution in [-0.4, -0.2) is 18.3 Å². The van der Waals surface area contributed by atoms with Crippen molar-refractivity contribution >= 4 is 11.7 Å². The van der Waals surface area contributed by atoms with Gasteiger partial charge in [-0.25, -0.2) is 0 Å². The Morgan fingerprint density at radius 1 is 1.30 bits per heavy atom. The molecule has 4 N–H and O–H groups in total. The van der Waals surface area contributed by atoms with Gasteiger partial charge in [-0.3, -0.25) is 10.2 Å². The molecule has 4 rings (SSSR count). The average molecular weight is 370 g/mol. The predicted octanol–water partition coefficient (Wildman–Crippen LogP) is 4.03. The second-order valence-corrected chi connectivity index (χ2v) is 10.1. The third kappa shape index (κ3) is 2.87. The minimum Gasteiger partial charge on any atom is -0.370 e. The van der Waals surface area contributed by atoms with Crippen molar-refractivity contribution in [2.45, 2.75) is 59.3 Å². The van der Waals surface area contributed by atoms with Crippen LogP contribution < -0.4 is 11.1 Å².